The van der Waals surface area contributed by atoms with Crippen LogP contribution in [0.5, 0.6) is 0 Å². The smallest absolute Gasteiger partial charge is 0.420 e. The summed E-state index contributed by atoms with van der Waals surface area (Å²) in [5.74, 6) is 0.656. The molecule has 0 radical (unpaired) electrons. The minimum atomic E-state index is -0.554. The minimum Gasteiger partial charge on any atom is -0.443 e. The number of alkyl halides is 1. The van der Waals surface area contributed by atoms with Crippen LogP contribution in [-0.2, 0) is 10.6 Å². The zero-order valence-electron chi connectivity index (χ0n) is 11.5. The van der Waals surface area contributed by atoms with E-state index in [4.69, 9.17) is 16.3 Å². The standard InChI is InChI=1S/C14H17ClN2O2/c1-9-5-6-10-11(7-9)17(12(8-15)16-10)13(18)19-14(2,3)4/h5-7H,8H2,1-4H3. The third kappa shape index (κ3) is 2.89. The number of aromatic nitrogens is 2. The zero-order chi connectivity index (χ0) is 14.2. The normalized spacial score (nSPS) is 11.8. The number of fused-ring (bicyclic) bond motifs is 1. The van der Waals surface area contributed by atoms with E-state index in [0.717, 1.165) is 16.6 Å². The summed E-state index contributed by atoms with van der Waals surface area (Å²) >= 11 is 5.87. The topological polar surface area (TPSA) is 44.1 Å². The summed E-state index contributed by atoms with van der Waals surface area (Å²) in [7, 11) is 0. The molecule has 0 aliphatic rings. The number of carbonyl (C=O) groups excluding carboxylic acids is 1. The van der Waals surface area contributed by atoms with E-state index in [9.17, 15) is 4.79 Å². The molecule has 2 aromatic rings. The lowest BCUT2D eigenvalue weighted by Gasteiger charge is -2.20. The molecule has 102 valence electrons. The second-order valence-corrected chi connectivity index (χ2v) is 5.74. The van der Waals surface area contributed by atoms with Crippen LogP contribution in [0.4, 0.5) is 4.79 Å². The molecule has 0 spiro atoms. The summed E-state index contributed by atoms with van der Waals surface area (Å²) in [6, 6.07) is 5.73. The van der Waals surface area contributed by atoms with Crippen molar-refractivity contribution in [2.45, 2.75) is 39.2 Å². The summed E-state index contributed by atoms with van der Waals surface area (Å²) in [6.45, 7) is 7.45. The Labute approximate surface area is 117 Å². The molecule has 5 heteroatoms. The summed E-state index contributed by atoms with van der Waals surface area (Å²) in [5.41, 5.74) is 1.97. The molecule has 2 rings (SSSR count). The van der Waals surface area contributed by atoms with Gasteiger partial charge in [-0.2, -0.15) is 0 Å². The van der Waals surface area contributed by atoms with E-state index in [1.54, 1.807) is 0 Å². The van der Waals surface area contributed by atoms with Gasteiger partial charge in [-0.05, 0) is 45.4 Å². The fraction of sp³-hybridized carbons (Fsp3) is 0.429. The minimum absolute atomic E-state index is 0.160. The van der Waals surface area contributed by atoms with E-state index in [1.807, 2.05) is 45.9 Å². The van der Waals surface area contributed by atoms with Gasteiger partial charge in [0.1, 0.15) is 11.4 Å². The first kappa shape index (κ1) is 13.9. The molecule has 0 saturated carbocycles. The SMILES string of the molecule is Cc1ccc2nc(CCl)n(C(=O)OC(C)(C)C)c2c1. The van der Waals surface area contributed by atoms with Crippen LogP contribution in [-0.4, -0.2) is 21.2 Å². The summed E-state index contributed by atoms with van der Waals surface area (Å²) < 4.78 is 6.84. The van der Waals surface area contributed by atoms with E-state index >= 15 is 0 Å². The highest BCUT2D eigenvalue weighted by Gasteiger charge is 2.22. The van der Waals surface area contributed by atoms with Crippen LogP contribution in [0.25, 0.3) is 11.0 Å². The van der Waals surface area contributed by atoms with Crippen molar-refractivity contribution in [1.29, 1.82) is 0 Å². The maximum atomic E-state index is 12.3. The lowest BCUT2D eigenvalue weighted by molar-refractivity contribution is 0.0540. The summed E-state index contributed by atoms with van der Waals surface area (Å²) in [5, 5.41) is 0. The first-order chi connectivity index (χ1) is 8.81. The Bertz CT molecular complexity index is 626. The number of carbonyl (C=O) groups is 1. The average Bonchev–Trinajstić information content (AvgIpc) is 2.64. The van der Waals surface area contributed by atoms with Gasteiger partial charge in [0.2, 0.25) is 0 Å². The lowest BCUT2D eigenvalue weighted by Crippen LogP contribution is -2.28. The van der Waals surface area contributed by atoms with Crippen LogP contribution >= 0.6 is 11.6 Å². The summed E-state index contributed by atoms with van der Waals surface area (Å²) in [6.07, 6.45) is -0.448. The Morgan fingerprint density at radius 1 is 1.42 bits per heavy atom. The molecule has 0 aliphatic heterocycles. The van der Waals surface area contributed by atoms with Crippen molar-refractivity contribution in [3.05, 3.63) is 29.6 Å². The van der Waals surface area contributed by atoms with Gasteiger partial charge >= 0.3 is 6.09 Å². The maximum absolute atomic E-state index is 12.3. The fourth-order valence-electron chi connectivity index (χ4n) is 1.84. The number of benzene rings is 1. The van der Waals surface area contributed by atoms with E-state index < -0.39 is 11.7 Å². The van der Waals surface area contributed by atoms with Gasteiger partial charge in [0, 0.05) is 0 Å². The van der Waals surface area contributed by atoms with Crippen LogP contribution in [0.1, 0.15) is 32.2 Å². The molecule has 1 heterocycles. The second-order valence-electron chi connectivity index (χ2n) is 5.47. The van der Waals surface area contributed by atoms with E-state index in [-0.39, 0.29) is 5.88 Å². The van der Waals surface area contributed by atoms with E-state index in [2.05, 4.69) is 4.98 Å². The molecule has 19 heavy (non-hydrogen) atoms. The number of nitrogens with zero attached hydrogens (tertiary/aromatic N) is 2. The van der Waals surface area contributed by atoms with Crippen molar-refractivity contribution in [3.63, 3.8) is 0 Å². The van der Waals surface area contributed by atoms with Crippen molar-refractivity contribution in [3.8, 4) is 0 Å². The Hall–Kier alpha value is -1.55. The van der Waals surface area contributed by atoms with Crippen LogP contribution < -0.4 is 0 Å². The summed E-state index contributed by atoms with van der Waals surface area (Å²) in [4.78, 5) is 16.6. The molecule has 0 saturated heterocycles. The lowest BCUT2D eigenvalue weighted by atomic mass is 10.2. The molecule has 1 aromatic heterocycles. The number of hydrogen-bond donors (Lipinski definition) is 0. The predicted octanol–water partition coefficient (Wildman–Crippen LogP) is 3.87. The molecular formula is C14H17ClN2O2. The van der Waals surface area contributed by atoms with Crippen molar-refractivity contribution < 1.29 is 9.53 Å². The highest BCUT2D eigenvalue weighted by molar-refractivity contribution is 6.17. The molecule has 1 aromatic carbocycles. The largest absolute Gasteiger partial charge is 0.443 e. The highest BCUT2D eigenvalue weighted by Crippen LogP contribution is 2.21. The molecule has 0 unspecified atom stereocenters. The number of aryl methyl sites for hydroxylation is 1. The number of rotatable bonds is 1. The third-order valence-electron chi connectivity index (χ3n) is 2.58. The Morgan fingerprint density at radius 3 is 2.68 bits per heavy atom. The van der Waals surface area contributed by atoms with Crippen LogP contribution in [0.3, 0.4) is 0 Å². The number of ether oxygens (including phenoxy) is 1. The third-order valence-corrected chi connectivity index (χ3v) is 2.81. The van der Waals surface area contributed by atoms with E-state index in [0.29, 0.717) is 5.82 Å². The maximum Gasteiger partial charge on any atom is 0.420 e. The monoisotopic (exact) mass is 280 g/mol. The Morgan fingerprint density at radius 2 is 2.11 bits per heavy atom. The quantitative estimate of drug-likeness (QED) is 0.745. The molecule has 4 nitrogen and oxygen atoms in total. The molecule has 0 N–H and O–H groups in total. The first-order valence-electron chi connectivity index (χ1n) is 6.09. The van der Waals surface area contributed by atoms with Gasteiger partial charge < -0.3 is 4.74 Å². The van der Waals surface area contributed by atoms with Crippen molar-refractivity contribution in [2.24, 2.45) is 0 Å². The Kier molecular flexibility index (Phi) is 3.54. The van der Waals surface area contributed by atoms with Crippen molar-refractivity contribution >= 4 is 28.7 Å². The van der Waals surface area contributed by atoms with Gasteiger partial charge in [-0.1, -0.05) is 6.07 Å². The fourth-order valence-corrected chi connectivity index (χ4v) is 2.02. The number of imidazole rings is 1. The molecular weight excluding hydrogens is 264 g/mol. The molecule has 0 aliphatic carbocycles. The number of hydrogen-bond acceptors (Lipinski definition) is 3. The van der Waals surface area contributed by atoms with Crippen molar-refractivity contribution in [1.82, 2.24) is 9.55 Å². The van der Waals surface area contributed by atoms with Crippen LogP contribution in [0, 0.1) is 6.92 Å². The Balaban J connectivity index is 2.56. The molecule has 0 atom stereocenters. The van der Waals surface area contributed by atoms with Gasteiger partial charge in [-0.3, -0.25) is 0 Å². The second kappa shape index (κ2) is 4.85. The van der Waals surface area contributed by atoms with Gasteiger partial charge in [0.15, 0.2) is 0 Å². The predicted molar refractivity (Wildman–Crippen MR) is 75.7 cm³/mol. The number of halogens is 1. The van der Waals surface area contributed by atoms with Gasteiger partial charge in [-0.15, -0.1) is 11.6 Å². The van der Waals surface area contributed by atoms with Gasteiger partial charge in [-0.25, -0.2) is 14.3 Å². The van der Waals surface area contributed by atoms with Crippen molar-refractivity contribution in [2.75, 3.05) is 0 Å². The van der Waals surface area contributed by atoms with E-state index in [1.165, 1.54) is 4.57 Å². The molecule has 0 bridgehead atoms. The van der Waals surface area contributed by atoms with Crippen LogP contribution in [0.15, 0.2) is 18.2 Å². The average molecular weight is 281 g/mol. The first-order valence-corrected chi connectivity index (χ1v) is 6.62. The zero-order valence-corrected chi connectivity index (χ0v) is 12.3. The van der Waals surface area contributed by atoms with Gasteiger partial charge in [0.25, 0.3) is 0 Å². The molecule has 0 amide bonds. The molecule has 0 fully saturated rings. The van der Waals surface area contributed by atoms with Crippen LogP contribution in [0.2, 0.25) is 0 Å². The van der Waals surface area contributed by atoms with Gasteiger partial charge in [0.05, 0.1) is 16.9 Å². The highest BCUT2D eigenvalue weighted by atomic mass is 35.5.